The summed E-state index contributed by atoms with van der Waals surface area (Å²) in [4.78, 5) is 10.9. The van der Waals surface area contributed by atoms with Crippen LogP contribution in [0.15, 0.2) is 18.5 Å². The highest BCUT2D eigenvalue weighted by molar-refractivity contribution is 5.33. The minimum Gasteiger partial charge on any atom is -0.379 e. The molecule has 0 bridgehead atoms. The lowest BCUT2D eigenvalue weighted by atomic mass is 9.96. The summed E-state index contributed by atoms with van der Waals surface area (Å²) in [7, 11) is 1.76. The van der Waals surface area contributed by atoms with Crippen LogP contribution < -0.4 is 4.90 Å². The molecule has 0 N–H and O–H groups in total. The fraction of sp³-hybridized carbons (Fsp3) is 0.667. The molecule has 0 aliphatic carbocycles. The van der Waals surface area contributed by atoms with Gasteiger partial charge in [0.2, 0.25) is 5.95 Å². The third-order valence-corrected chi connectivity index (χ3v) is 3.64. The third kappa shape index (κ3) is 1.89. The molecule has 0 unspecified atom stereocenters. The lowest BCUT2D eigenvalue weighted by Gasteiger charge is -2.40. The standard InChI is InChI=1S/C12H17N3O2/c1-16-10-3-7-15(9-4-8-17-11(9)10)12-13-5-2-6-14-12/h2,5-6,9-11H,3-4,7-8H2,1H3/t9-,10-,11-/m0/s1. The first-order chi connectivity index (χ1) is 8.40. The van der Waals surface area contributed by atoms with E-state index in [1.807, 2.05) is 6.07 Å². The SMILES string of the molecule is CO[C@H]1CCN(c2ncccn2)[C@H]2CCO[C@H]12. The Kier molecular flexibility index (Phi) is 2.94. The van der Waals surface area contributed by atoms with Crippen LogP contribution in [0.2, 0.25) is 0 Å². The number of piperidine rings is 1. The molecular formula is C12H17N3O2. The number of ether oxygens (including phenoxy) is 2. The molecule has 3 atom stereocenters. The highest BCUT2D eigenvalue weighted by Crippen LogP contribution is 2.31. The zero-order valence-electron chi connectivity index (χ0n) is 9.95. The number of methoxy groups -OCH3 is 1. The van der Waals surface area contributed by atoms with Crippen LogP contribution in [-0.4, -0.2) is 48.5 Å². The average molecular weight is 235 g/mol. The molecule has 1 aromatic rings. The minimum atomic E-state index is 0.164. The second kappa shape index (κ2) is 4.58. The Bertz CT molecular complexity index is 373. The van der Waals surface area contributed by atoms with Gasteiger partial charge in [0.05, 0.1) is 12.1 Å². The Morgan fingerprint density at radius 2 is 2.18 bits per heavy atom. The van der Waals surface area contributed by atoms with Crippen molar-refractivity contribution in [3.05, 3.63) is 18.5 Å². The highest BCUT2D eigenvalue weighted by Gasteiger charge is 2.43. The van der Waals surface area contributed by atoms with Crippen LogP contribution in [0.4, 0.5) is 5.95 Å². The number of nitrogens with zero attached hydrogens (tertiary/aromatic N) is 3. The minimum absolute atomic E-state index is 0.164. The summed E-state index contributed by atoms with van der Waals surface area (Å²) in [5, 5.41) is 0. The molecule has 5 heteroatoms. The number of hydrogen-bond acceptors (Lipinski definition) is 5. The van der Waals surface area contributed by atoms with Crippen molar-refractivity contribution in [2.24, 2.45) is 0 Å². The van der Waals surface area contributed by atoms with Crippen LogP contribution in [0.3, 0.4) is 0 Å². The first kappa shape index (κ1) is 10.9. The first-order valence-corrected chi connectivity index (χ1v) is 6.08. The molecule has 92 valence electrons. The maximum atomic E-state index is 5.79. The summed E-state index contributed by atoms with van der Waals surface area (Å²) in [6.07, 6.45) is 5.95. The average Bonchev–Trinajstić information content (AvgIpc) is 2.88. The Labute approximate surface area is 101 Å². The van der Waals surface area contributed by atoms with Gasteiger partial charge in [-0.05, 0) is 18.9 Å². The van der Waals surface area contributed by atoms with E-state index in [2.05, 4.69) is 14.9 Å². The van der Waals surface area contributed by atoms with Gasteiger partial charge in [0.1, 0.15) is 6.10 Å². The molecule has 0 spiro atoms. The van der Waals surface area contributed by atoms with Crippen molar-refractivity contribution in [3.63, 3.8) is 0 Å². The normalized spacial score (nSPS) is 32.5. The summed E-state index contributed by atoms with van der Waals surface area (Å²) in [5.74, 6) is 0.808. The van der Waals surface area contributed by atoms with Crippen molar-refractivity contribution in [3.8, 4) is 0 Å². The van der Waals surface area contributed by atoms with Crippen LogP contribution >= 0.6 is 0 Å². The predicted octanol–water partition coefficient (Wildman–Crippen LogP) is 0.859. The molecule has 1 aromatic heterocycles. The van der Waals surface area contributed by atoms with E-state index < -0.39 is 0 Å². The zero-order chi connectivity index (χ0) is 11.7. The second-order valence-corrected chi connectivity index (χ2v) is 4.50. The van der Waals surface area contributed by atoms with E-state index >= 15 is 0 Å². The van der Waals surface area contributed by atoms with Gasteiger partial charge in [-0.25, -0.2) is 9.97 Å². The summed E-state index contributed by atoms with van der Waals surface area (Å²) in [6.45, 7) is 1.74. The highest BCUT2D eigenvalue weighted by atomic mass is 16.5. The molecule has 3 rings (SSSR count). The van der Waals surface area contributed by atoms with Crippen molar-refractivity contribution in [1.29, 1.82) is 0 Å². The van der Waals surface area contributed by atoms with Crippen LogP contribution in [0.1, 0.15) is 12.8 Å². The van der Waals surface area contributed by atoms with Gasteiger partial charge in [-0.3, -0.25) is 0 Å². The van der Waals surface area contributed by atoms with E-state index in [-0.39, 0.29) is 12.2 Å². The van der Waals surface area contributed by atoms with E-state index in [0.717, 1.165) is 31.9 Å². The molecule has 0 amide bonds. The topological polar surface area (TPSA) is 47.5 Å². The summed E-state index contributed by atoms with van der Waals surface area (Å²) in [5.41, 5.74) is 0. The van der Waals surface area contributed by atoms with Crippen molar-refractivity contribution in [1.82, 2.24) is 9.97 Å². The molecule has 17 heavy (non-hydrogen) atoms. The monoisotopic (exact) mass is 235 g/mol. The van der Waals surface area contributed by atoms with E-state index in [1.54, 1.807) is 19.5 Å². The largest absolute Gasteiger partial charge is 0.379 e. The Balaban J connectivity index is 1.83. The maximum Gasteiger partial charge on any atom is 0.225 e. The van der Waals surface area contributed by atoms with Crippen molar-refractivity contribution in [2.45, 2.75) is 31.1 Å². The summed E-state index contributed by atoms with van der Waals surface area (Å²) >= 11 is 0. The van der Waals surface area contributed by atoms with Crippen LogP contribution in [0, 0.1) is 0 Å². The van der Waals surface area contributed by atoms with Crippen LogP contribution in [0.25, 0.3) is 0 Å². The van der Waals surface area contributed by atoms with E-state index in [4.69, 9.17) is 9.47 Å². The van der Waals surface area contributed by atoms with Gasteiger partial charge >= 0.3 is 0 Å². The number of anilines is 1. The van der Waals surface area contributed by atoms with E-state index in [1.165, 1.54) is 0 Å². The van der Waals surface area contributed by atoms with Crippen LogP contribution in [0.5, 0.6) is 0 Å². The quantitative estimate of drug-likeness (QED) is 0.761. The lowest BCUT2D eigenvalue weighted by Crippen LogP contribution is -2.53. The predicted molar refractivity (Wildman–Crippen MR) is 62.9 cm³/mol. The van der Waals surface area contributed by atoms with Gasteiger partial charge in [-0.1, -0.05) is 0 Å². The number of rotatable bonds is 2. The molecule has 2 saturated heterocycles. The molecule has 0 radical (unpaired) electrons. The van der Waals surface area contributed by atoms with Gasteiger partial charge < -0.3 is 14.4 Å². The molecule has 2 aliphatic heterocycles. The number of fused-ring (bicyclic) bond motifs is 1. The summed E-state index contributed by atoms with van der Waals surface area (Å²) in [6, 6.07) is 2.20. The molecule has 2 fully saturated rings. The second-order valence-electron chi connectivity index (χ2n) is 4.50. The van der Waals surface area contributed by atoms with Crippen molar-refractivity contribution >= 4 is 5.95 Å². The molecule has 0 aromatic carbocycles. The molecule has 2 aliphatic rings. The summed E-state index contributed by atoms with van der Waals surface area (Å²) < 4.78 is 11.3. The first-order valence-electron chi connectivity index (χ1n) is 6.08. The van der Waals surface area contributed by atoms with Gasteiger partial charge in [-0.2, -0.15) is 0 Å². The molecule has 3 heterocycles. The van der Waals surface area contributed by atoms with Crippen LogP contribution in [-0.2, 0) is 9.47 Å². The fourth-order valence-electron chi connectivity index (χ4n) is 2.82. The zero-order valence-corrected chi connectivity index (χ0v) is 9.95. The van der Waals surface area contributed by atoms with Gasteiger partial charge in [-0.15, -0.1) is 0 Å². The van der Waals surface area contributed by atoms with Gasteiger partial charge in [0.25, 0.3) is 0 Å². The Morgan fingerprint density at radius 3 is 2.94 bits per heavy atom. The lowest BCUT2D eigenvalue weighted by molar-refractivity contribution is -0.0450. The molecule has 5 nitrogen and oxygen atoms in total. The number of aromatic nitrogens is 2. The molecular weight excluding hydrogens is 218 g/mol. The number of hydrogen-bond donors (Lipinski definition) is 0. The Hall–Kier alpha value is -1.20. The van der Waals surface area contributed by atoms with Crippen molar-refractivity contribution in [2.75, 3.05) is 25.2 Å². The van der Waals surface area contributed by atoms with Crippen molar-refractivity contribution < 1.29 is 9.47 Å². The van der Waals surface area contributed by atoms with E-state index in [0.29, 0.717) is 6.04 Å². The van der Waals surface area contributed by atoms with Gasteiger partial charge in [0, 0.05) is 32.7 Å². The fourth-order valence-corrected chi connectivity index (χ4v) is 2.82. The Morgan fingerprint density at radius 1 is 1.35 bits per heavy atom. The smallest absolute Gasteiger partial charge is 0.225 e. The molecule has 0 saturated carbocycles. The third-order valence-electron chi connectivity index (χ3n) is 3.64. The van der Waals surface area contributed by atoms with Gasteiger partial charge in [0.15, 0.2) is 0 Å². The maximum absolute atomic E-state index is 5.79. The van der Waals surface area contributed by atoms with E-state index in [9.17, 15) is 0 Å².